The van der Waals surface area contributed by atoms with E-state index in [4.69, 9.17) is 9.47 Å². The van der Waals surface area contributed by atoms with Crippen molar-refractivity contribution in [3.63, 3.8) is 0 Å². The number of hydrogen-bond acceptors (Lipinski definition) is 4. The van der Waals surface area contributed by atoms with Crippen LogP contribution in [0.4, 0.5) is 9.18 Å². The highest BCUT2D eigenvalue weighted by Crippen LogP contribution is 2.33. The van der Waals surface area contributed by atoms with Gasteiger partial charge in [0.05, 0.1) is 23.9 Å². The summed E-state index contributed by atoms with van der Waals surface area (Å²) in [5.74, 6) is -0.472. The minimum atomic E-state index is -0.667. The number of benzene rings is 2. The van der Waals surface area contributed by atoms with Gasteiger partial charge in [0.25, 0.3) is 0 Å². The lowest BCUT2D eigenvalue weighted by Gasteiger charge is -2.35. The number of hydrogen-bond donors (Lipinski definition) is 1. The number of esters is 1. The predicted octanol–water partition coefficient (Wildman–Crippen LogP) is 4.03. The molecule has 0 radical (unpaired) electrons. The van der Waals surface area contributed by atoms with E-state index in [-0.39, 0.29) is 25.1 Å². The van der Waals surface area contributed by atoms with E-state index in [9.17, 15) is 14.0 Å². The first-order valence-corrected chi connectivity index (χ1v) is 9.71. The Balaban J connectivity index is 2.06. The molecule has 0 fully saturated rings. The van der Waals surface area contributed by atoms with E-state index in [1.807, 2.05) is 32.0 Å². The highest BCUT2D eigenvalue weighted by atomic mass is 19.1. The van der Waals surface area contributed by atoms with Gasteiger partial charge in [0.2, 0.25) is 0 Å². The smallest absolute Gasteiger partial charge is 0.338 e. The summed E-state index contributed by atoms with van der Waals surface area (Å²) in [5.41, 5.74) is 3.48. The van der Waals surface area contributed by atoms with Gasteiger partial charge in [0.1, 0.15) is 18.2 Å². The van der Waals surface area contributed by atoms with Crippen molar-refractivity contribution in [1.29, 1.82) is 0 Å². The highest BCUT2D eigenvalue weighted by Gasteiger charge is 2.37. The summed E-state index contributed by atoms with van der Waals surface area (Å²) >= 11 is 0. The molecule has 3 rings (SSSR count). The van der Waals surface area contributed by atoms with Gasteiger partial charge in [0.15, 0.2) is 0 Å². The number of ether oxygens (including phenoxy) is 2. The van der Waals surface area contributed by atoms with Crippen molar-refractivity contribution in [3.8, 4) is 5.75 Å². The molecule has 2 aromatic rings. The minimum Gasteiger partial charge on any atom is -0.487 e. The Morgan fingerprint density at radius 3 is 2.53 bits per heavy atom. The van der Waals surface area contributed by atoms with Crippen molar-refractivity contribution in [3.05, 3.63) is 76.2 Å². The summed E-state index contributed by atoms with van der Waals surface area (Å²) in [6, 6.07) is 10.4. The second kappa shape index (κ2) is 8.98. The van der Waals surface area contributed by atoms with Crippen molar-refractivity contribution in [2.24, 2.45) is 0 Å². The third kappa shape index (κ3) is 4.45. The number of nitrogens with zero attached hydrogens (tertiary/aromatic N) is 1. The van der Waals surface area contributed by atoms with Gasteiger partial charge in [-0.1, -0.05) is 23.8 Å². The predicted molar refractivity (Wildman–Crippen MR) is 111 cm³/mol. The zero-order valence-electron chi connectivity index (χ0n) is 17.5. The number of urea groups is 1. The van der Waals surface area contributed by atoms with Gasteiger partial charge < -0.3 is 14.8 Å². The van der Waals surface area contributed by atoms with Crippen LogP contribution in [0.5, 0.6) is 5.75 Å². The van der Waals surface area contributed by atoms with E-state index < -0.39 is 12.0 Å². The maximum absolute atomic E-state index is 13.2. The highest BCUT2D eigenvalue weighted by molar-refractivity contribution is 5.95. The first-order chi connectivity index (χ1) is 14.3. The number of nitrogens with one attached hydrogen (secondary N) is 1. The molecule has 0 aromatic heterocycles. The van der Waals surface area contributed by atoms with Crippen LogP contribution >= 0.6 is 0 Å². The van der Waals surface area contributed by atoms with E-state index in [0.717, 1.165) is 16.7 Å². The number of carbonyl (C=O) groups excluding carboxylic acids is 2. The van der Waals surface area contributed by atoms with Crippen LogP contribution < -0.4 is 10.1 Å². The van der Waals surface area contributed by atoms with Crippen molar-refractivity contribution in [1.82, 2.24) is 10.2 Å². The molecule has 0 spiro atoms. The van der Waals surface area contributed by atoms with Gasteiger partial charge in [-0.25, -0.2) is 14.0 Å². The molecule has 6 nitrogen and oxygen atoms in total. The molecule has 1 atom stereocenters. The molecule has 1 heterocycles. The topological polar surface area (TPSA) is 67.9 Å². The zero-order valence-corrected chi connectivity index (χ0v) is 17.5. The Bertz CT molecular complexity index is 985. The quantitative estimate of drug-likeness (QED) is 0.728. The van der Waals surface area contributed by atoms with E-state index in [2.05, 4.69) is 5.32 Å². The summed E-state index contributed by atoms with van der Waals surface area (Å²) < 4.78 is 24.2. The molecule has 30 heavy (non-hydrogen) atoms. The maximum Gasteiger partial charge on any atom is 0.338 e. The number of carbonyl (C=O) groups is 2. The fraction of sp³-hybridized carbons (Fsp3) is 0.304. The van der Waals surface area contributed by atoms with E-state index >= 15 is 0 Å². The summed E-state index contributed by atoms with van der Waals surface area (Å²) in [5, 5.41) is 2.90. The summed E-state index contributed by atoms with van der Waals surface area (Å²) in [4.78, 5) is 27.0. The van der Waals surface area contributed by atoms with Crippen LogP contribution in [0.15, 0.2) is 53.7 Å². The molecule has 1 aliphatic heterocycles. The Labute approximate surface area is 175 Å². The van der Waals surface area contributed by atoms with Crippen LogP contribution in [0, 0.1) is 19.7 Å². The Morgan fingerprint density at radius 1 is 1.17 bits per heavy atom. The third-order valence-corrected chi connectivity index (χ3v) is 5.01. The number of rotatable bonds is 6. The lowest BCUT2D eigenvalue weighted by Crippen LogP contribution is -2.48. The van der Waals surface area contributed by atoms with Crippen molar-refractivity contribution < 1.29 is 23.5 Å². The molecule has 2 aromatic carbocycles. The van der Waals surface area contributed by atoms with Crippen LogP contribution in [0.2, 0.25) is 0 Å². The summed E-state index contributed by atoms with van der Waals surface area (Å²) in [6.07, 6.45) is 0. The molecule has 2 amide bonds. The molecular weight excluding hydrogens is 387 g/mol. The fourth-order valence-electron chi connectivity index (χ4n) is 3.37. The van der Waals surface area contributed by atoms with Crippen LogP contribution in [0.3, 0.4) is 0 Å². The van der Waals surface area contributed by atoms with Gasteiger partial charge in [-0.2, -0.15) is 0 Å². The number of halogens is 1. The number of amides is 2. The minimum absolute atomic E-state index is 0.0505. The molecule has 0 unspecified atom stereocenters. The normalized spacial score (nSPS) is 16.4. The Kier molecular flexibility index (Phi) is 6.40. The zero-order chi connectivity index (χ0) is 21.8. The van der Waals surface area contributed by atoms with Gasteiger partial charge in [-0.05, 0) is 56.2 Å². The van der Waals surface area contributed by atoms with Gasteiger partial charge in [-0.3, -0.25) is 4.90 Å². The van der Waals surface area contributed by atoms with E-state index in [1.165, 1.54) is 29.2 Å². The standard InChI is InChI=1S/C23H25FN2O4/c1-5-29-22(27)20-19(13-30-17-10-8-16(24)9-11-17)26(4)23(28)25-21(20)18-12-14(2)6-7-15(18)3/h6-12,21H,5,13H2,1-4H3,(H,25,28)/t21-/m1/s1. The largest absolute Gasteiger partial charge is 0.487 e. The van der Waals surface area contributed by atoms with Gasteiger partial charge >= 0.3 is 12.0 Å². The number of likely N-dealkylation sites (N-methyl/N-ethyl adjacent to an activating group) is 1. The van der Waals surface area contributed by atoms with E-state index in [1.54, 1.807) is 14.0 Å². The lowest BCUT2D eigenvalue weighted by atomic mass is 9.90. The molecule has 0 aliphatic carbocycles. The monoisotopic (exact) mass is 412 g/mol. The van der Waals surface area contributed by atoms with Crippen LogP contribution in [0.1, 0.15) is 29.7 Å². The second-order valence-electron chi connectivity index (χ2n) is 7.12. The average molecular weight is 412 g/mol. The molecule has 0 saturated heterocycles. The maximum atomic E-state index is 13.2. The van der Waals surface area contributed by atoms with Crippen LogP contribution in [-0.4, -0.2) is 37.2 Å². The fourth-order valence-corrected chi connectivity index (χ4v) is 3.37. The summed E-state index contributed by atoms with van der Waals surface area (Å²) in [7, 11) is 1.57. The number of aryl methyl sites for hydroxylation is 2. The molecular formula is C23H25FN2O4. The summed E-state index contributed by atoms with van der Waals surface area (Å²) in [6.45, 7) is 5.75. The molecule has 0 bridgehead atoms. The van der Waals surface area contributed by atoms with E-state index in [0.29, 0.717) is 17.0 Å². The third-order valence-electron chi connectivity index (χ3n) is 5.01. The SMILES string of the molecule is CCOC(=O)C1=C(COc2ccc(F)cc2)N(C)C(=O)N[C@@H]1c1cc(C)ccc1C. The Hall–Kier alpha value is -3.35. The lowest BCUT2D eigenvalue weighted by molar-refractivity contribution is -0.139. The molecule has 1 N–H and O–H groups in total. The van der Waals surface area contributed by atoms with Crippen molar-refractivity contribution in [2.75, 3.05) is 20.3 Å². The van der Waals surface area contributed by atoms with Crippen LogP contribution in [-0.2, 0) is 9.53 Å². The Morgan fingerprint density at radius 2 is 1.87 bits per heavy atom. The molecule has 7 heteroatoms. The molecule has 0 saturated carbocycles. The van der Waals surface area contributed by atoms with Gasteiger partial charge in [-0.15, -0.1) is 0 Å². The first-order valence-electron chi connectivity index (χ1n) is 9.71. The second-order valence-corrected chi connectivity index (χ2v) is 7.12. The molecule has 1 aliphatic rings. The molecule has 158 valence electrons. The first kappa shape index (κ1) is 21.4. The van der Waals surface area contributed by atoms with Gasteiger partial charge in [0, 0.05) is 7.05 Å². The average Bonchev–Trinajstić information content (AvgIpc) is 2.72. The van der Waals surface area contributed by atoms with Crippen LogP contribution in [0.25, 0.3) is 0 Å². The van der Waals surface area contributed by atoms with Crippen molar-refractivity contribution in [2.45, 2.75) is 26.8 Å². The van der Waals surface area contributed by atoms with Crippen molar-refractivity contribution >= 4 is 12.0 Å².